The van der Waals surface area contributed by atoms with Crippen LogP contribution in [-0.4, -0.2) is 37.2 Å². The van der Waals surface area contributed by atoms with Gasteiger partial charge in [0.05, 0.1) is 0 Å². The van der Waals surface area contributed by atoms with E-state index in [-0.39, 0.29) is 31.1 Å². The van der Waals surface area contributed by atoms with Crippen LogP contribution >= 0.6 is 0 Å². The number of unbranched alkanes of at least 4 members (excludes halogenated alkanes) is 34. The number of ether oxygens (including phenoxy) is 3. The molecule has 0 rings (SSSR count). The Kier molecular flexibility index (Phi) is 45.2. The fourth-order valence-corrected chi connectivity index (χ4v) is 7.86. The molecule has 0 bridgehead atoms. The number of esters is 3. The Morgan fingerprint density at radius 3 is 0.845 bits per heavy atom. The molecule has 0 spiro atoms. The summed E-state index contributed by atoms with van der Waals surface area (Å²) in [7, 11) is 0. The molecular formula is C52H100O6. The number of hydrogen-bond donors (Lipinski definition) is 0. The van der Waals surface area contributed by atoms with Crippen LogP contribution < -0.4 is 0 Å². The number of carbonyl (C=O) groups excluding carboxylic acids is 3. The van der Waals surface area contributed by atoms with Crippen molar-refractivity contribution in [2.24, 2.45) is 5.92 Å². The van der Waals surface area contributed by atoms with E-state index in [1.54, 1.807) is 0 Å². The van der Waals surface area contributed by atoms with E-state index in [1.165, 1.54) is 186 Å². The monoisotopic (exact) mass is 821 g/mol. The first-order valence-corrected chi connectivity index (χ1v) is 25.9. The summed E-state index contributed by atoms with van der Waals surface area (Å²) < 4.78 is 16.8. The van der Waals surface area contributed by atoms with E-state index in [0.717, 1.165) is 63.7 Å². The molecule has 58 heavy (non-hydrogen) atoms. The van der Waals surface area contributed by atoms with Gasteiger partial charge in [0.25, 0.3) is 0 Å². The van der Waals surface area contributed by atoms with Crippen LogP contribution in [0.1, 0.15) is 291 Å². The Bertz CT molecular complexity index is 872. The normalized spacial score (nSPS) is 11.9. The van der Waals surface area contributed by atoms with Gasteiger partial charge < -0.3 is 14.2 Å². The van der Waals surface area contributed by atoms with Crippen LogP contribution in [0.4, 0.5) is 0 Å². The second-order valence-corrected chi connectivity index (χ2v) is 18.3. The van der Waals surface area contributed by atoms with Gasteiger partial charge in [-0.2, -0.15) is 0 Å². The molecule has 0 N–H and O–H groups in total. The Morgan fingerprint density at radius 2 is 0.569 bits per heavy atom. The van der Waals surface area contributed by atoms with Gasteiger partial charge in [-0.25, -0.2) is 0 Å². The van der Waals surface area contributed by atoms with Crippen LogP contribution in [0.3, 0.4) is 0 Å². The van der Waals surface area contributed by atoms with Gasteiger partial charge in [0.1, 0.15) is 13.2 Å². The van der Waals surface area contributed by atoms with Crippen molar-refractivity contribution in [3.8, 4) is 0 Å². The molecule has 1 atom stereocenters. The highest BCUT2D eigenvalue weighted by atomic mass is 16.6. The highest BCUT2D eigenvalue weighted by Gasteiger charge is 2.19. The zero-order valence-corrected chi connectivity index (χ0v) is 39.5. The lowest BCUT2D eigenvalue weighted by Crippen LogP contribution is -2.30. The molecule has 0 aliphatic carbocycles. The minimum atomic E-state index is -0.761. The minimum absolute atomic E-state index is 0.0640. The fraction of sp³-hybridized carbons (Fsp3) is 0.942. The van der Waals surface area contributed by atoms with E-state index in [2.05, 4.69) is 27.7 Å². The average Bonchev–Trinajstić information content (AvgIpc) is 3.21. The molecule has 0 aromatic carbocycles. The summed E-state index contributed by atoms with van der Waals surface area (Å²) in [6.45, 7) is 8.96. The zero-order valence-electron chi connectivity index (χ0n) is 39.5. The number of hydrogen-bond acceptors (Lipinski definition) is 6. The molecule has 344 valence electrons. The Morgan fingerprint density at radius 1 is 0.328 bits per heavy atom. The molecule has 0 aromatic rings. The third-order valence-electron chi connectivity index (χ3n) is 11.8. The SMILES string of the molecule is CCCCCCCCCCCCCCCCCCC(=O)OC[C@H](COC(=O)CCCCCCCCCCCCCCCCC)OC(=O)CCCCCCCCC(C)C. The molecule has 0 aliphatic rings. The van der Waals surface area contributed by atoms with Crippen molar-refractivity contribution in [1.82, 2.24) is 0 Å². The molecule has 0 unspecified atom stereocenters. The van der Waals surface area contributed by atoms with Crippen molar-refractivity contribution in [3.05, 3.63) is 0 Å². The Hall–Kier alpha value is -1.59. The van der Waals surface area contributed by atoms with Gasteiger partial charge in [0, 0.05) is 19.3 Å². The smallest absolute Gasteiger partial charge is 0.306 e. The molecule has 6 nitrogen and oxygen atoms in total. The maximum Gasteiger partial charge on any atom is 0.306 e. The lowest BCUT2D eigenvalue weighted by molar-refractivity contribution is -0.167. The van der Waals surface area contributed by atoms with Crippen molar-refractivity contribution in [2.75, 3.05) is 13.2 Å². The lowest BCUT2D eigenvalue weighted by Gasteiger charge is -2.18. The van der Waals surface area contributed by atoms with Crippen molar-refractivity contribution in [2.45, 2.75) is 297 Å². The molecule has 0 saturated heterocycles. The summed E-state index contributed by atoms with van der Waals surface area (Å²) in [5, 5.41) is 0. The largest absolute Gasteiger partial charge is 0.462 e. The van der Waals surface area contributed by atoms with E-state index in [4.69, 9.17) is 14.2 Å². The second-order valence-electron chi connectivity index (χ2n) is 18.3. The van der Waals surface area contributed by atoms with Gasteiger partial charge in [0.2, 0.25) is 0 Å². The minimum Gasteiger partial charge on any atom is -0.462 e. The first-order chi connectivity index (χ1) is 28.4. The Labute approximate surface area is 361 Å². The van der Waals surface area contributed by atoms with Crippen LogP contribution in [0, 0.1) is 5.92 Å². The van der Waals surface area contributed by atoms with E-state index >= 15 is 0 Å². The topological polar surface area (TPSA) is 78.9 Å². The maximum atomic E-state index is 12.7. The summed E-state index contributed by atoms with van der Waals surface area (Å²) in [5.41, 5.74) is 0. The molecule has 0 fully saturated rings. The fourth-order valence-electron chi connectivity index (χ4n) is 7.86. The quantitative estimate of drug-likeness (QED) is 0.0346. The van der Waals surface area contributed by atoms with E-state index in [1.807, 2.05) is 0 Å². The maximum absolute atomic E-state index is 12.7. The first kappa shape index (κ1) is 56.4. The van der Waals surface area contributed by atoms with Crippen LogP contribution in [0.25, 0.3) is 0 Å². The summed E-state index contributed by atoms with van der Waals surface area (Å²) >= 11 is 0. The van der Waals surface area contributed by atoms with E-state index in [0.29, 0.717) is 19.3 Å². The van der Waals surface area contributed by atoms with Gasteiger partial charge in [0.15, 0.2) is 6.10 Å². The predicted octanol–water partition coefficient (Wildman–Crippen LogP) is 16.7. The number of carbonyl (C=O) groups is 3. The highest BCUT2D eigenvalue weighted by Crippen LogP contribution is 2.17. The summed E-state index contributed by atoms with van der Waals surface area (Å²) in [4.78, 5) is 37.9. The molecular weight excluding hydrogens is 721 g/mol. The second kappa shape index (κ2) is 46.5. The zero-order chi connectivity index (χ0) is 42.4. The molecule has 0 heterocycles. The number of rotatable bonds is 47. The molecule has 0 radical (unpaired) electrons. The molecule has 0 aliphatic heterocycles. The molecule has 0 aromatic heterocycles. The third kappa shape index (κ3) is 45.5. The molecule has 0 amide bonds. The van der Waals surface area contributed by atoms with Crippen LogP contribution in [0.5, 0.6) is 0 Å². The van der Waals surface area contributed by atoms with Crippen LogP contribution in [0.2, 0.25) is 0 Å². The van der Waals surface area contributed by atoms with Crippen molar-refractivity contribution < 1.29 is 28.6 Å². The predicted molar refractivity (Wildman–Crippen MR) is 247 cm³/mol. The summed E-state index contributed by atoms with van der Waals surface area (Å²) in [6, 6.07) is 0. The Balaban J connectivity index is 4.23. The van der Waals surface area contributed by atoms with Gasteiger partial charge in [-0.05, 0) is 25.2 Å². The van der Waals surface area contributed by atoms with Crippen LogP contribution in [0.15, 0.2) is 0 Å². The van der Waals surface area contributed by atoms with Crippen molar-refractivity contribution >= 4 is 17.9 Å². The third-order valence-corrected chi connectivity index (χ3v) is 11.8. The standard InChI is InChI=1S/C52H100O6/c1-5-7-9-11-13-15-17-19-21-23-25-27-29-31-36-40-44-51(54)57-47-49(58-52(55)45-41-37-33-32-34-38-42-48(3)4)46-56-50(53)43-39-35-30-28-26-24-22-20-18-16-14-12-10-8-6-2/h48-49H,5-47H2,1-4H3/t49-/m0/s1. The van der Waals surface area contributed by atoms with Gasteiger partial charge in [-0.1, -0.05) is 252 Å². The molecule has 6 heteroatoms. The highest BCUT2D eigenvalue weighted by molar-refractivity contribution is 5.71. The lowest BCUT2D eigenvalue weighted by atomic mass is 10.0. The van der Waals surface area contributed by atoms with Gasteiger partial charge >= 0.3 is 17.9 Å². The van der Waals surface area contributed by atoms with Gasteiger partial charge in [-0.15, -0.1) is 0 Å². The van der Waals surface area contributed by atoms with E-state index in [9.17, 15) is 14.4 Å². The molecule has 0 saturated carbocycles. The average molecular weight is 821 g/mol. The summed E-state index contributed by atoms with van der Waals surface area (Å²) in [6.07, 6.45) is 48.2. The first-order valence-electron chi connectivity index (χ1n) is 25.9. The van der Waals surface area contributed by atoms with Crippen LogP contribution in [-0.2, 0) is 28.6 Å². The van der Waals surface area contributed by atoms with Crippen molar-refractivity contribution in [1.29, 1.82) is 0 Å². The van der Waals surface area contributed by atoms with E-state index < -0.39 is 6.10 Å². The van der Waals surface area contributed by atoms with Gasteiger partial charge in [-0.3, -0.25) is 14.4 Å². The van der Waals surface area contributed by atoms with Crippen molar-refractivity contribution in [3.63, 3.8) is 0 Å². The summed E-state index contributed by atoms with van der Waals surface area (Å²) in [5.74, 6) is -0.0909.